The summed E-state index contributed by atoms with van der Waals surface area (Å²) in [5.74, 6) is 2.90. The number of benzene rings is 1. The molecule has 2 atom stereocenters. The first-order chi connectivity index (χ1) is 17.9. The molecule has 0 saturated carbocycles. The monoisotopic (exact) mass is 512 g/mol. The van der Waals surface area contributed by atoms with Gasteiger partial charge in [-0.25, -0.2) is 4.79 Å². The van der Waals surface area contributed by atoms with E-state index in [0.29, 0.717) is 29.2 Å². The fourth-order valence-corrected chi connectivity index (χ4v) is 4.40. The Morgan fingerprint density at radius 2 is 1.81 bits per heavy atom. The lowest BCUT2D eigenvalue weighted by Gasteiger charge is -2.42. The zero-order chi connectivity index (χ0) is 26.9. The molecule has 1 heterocycles. The van der Waals surface area contributed by atoms with Gasteiger partial charge in [0.2, 0.25) is 0 Å². The van der Waals surface area contributed by atoms with E-state index in [0.717, 1.165) is 12.8 Å². The molecule has 0 aromatic heterocycles. The van der Waals surface area contributed by atoms with E-state index in [1.807, 2.05) is 13.8 Å². The second-order valence-electron chi connectivity index (χ2n) is 10.1. The highest BCUT2D eigenvalue weighted by Crippen LogP contribution is 2.40. The average Bonchev–Trinajstić information content (AvgIpc) is 2.89. The molecule has 1 aromatic rings. The van der Waals surface area contributed by atoms with Crippen molar-refractivity contribution in [2.75, 3.05) is 19.8 Å². The summed E-state index contributed by atoms with van der Waals surface area (Å²) in [4.78, 5) is 10.5. The number of nitrogens with zero attached hydrogens (tertiary/aromatic N) is 1. The molecule has 7 heteroatoms. The second-order valence-corrected chi connectivity index (χ2v) is 10.1. The van der Waals surface area contributed by atoms with Gasteiger partial charge in [-0.05, 0) is 38.5 Å². The van der Waals surface area contributed by atoms with E-state index in [1.54, 1.807) is 30.3 Å². The number of nitrogens with one attached hydrogen (secondary N) is 1. The van der Waals surface area contributed by atoms with E-state index in [9.17, 15) is 15.2 Å². The number of ether oxygens (including phenoxy) is 3. The SMILES string of the molecule is CCCCCCCCCCCCO/C(=C/N[C@@H]1c2cc(C#N)ccc2OC(C)(C)[C@H]1O)COCC=C=O. The van der Waals surface area contributed by atoms with Gasteiger partial charge < -0.3 is 24.6 Å². The van der Waals surface area contributed by atoms with Crippen LogP contribution in [-0.2, 0) is 14.3 Å². The van der Waals surface area contributed by atoms with Gasteiger partial charge in [0.25, 0.3) is 0 Å². The topological polar surface area (TPSA) is 101 Å². The van der Waals surface area contributed by atoms with Crippen molar-refractivity contribution in [2.45, 2.75) is 103 Å². The van der Waals surface area contributed by atoms with Gasteiger partial charge in [0.05, 0.1) is 30.9 Å². The largest absolute Gasteiger partial charge is 0.494 e. The number of unbranched alkanes of at least 4 members (excludes halogenated alkanes) is 9. The number of aliphatic hydroxyl groups excluding tert-OH is 1. The Kier molecular flexibility index (Phi) is 13.9. The summed E-state index contributed by atoms with van der Waals surface area (Å²) in [6.45, 7) is 6.78. The molecule has 7 nitrogen and oxygen atoms in total. The maximum Gasteiger partial charge on any atom is 0.137 e. The lowest BCUT2D eigenvalue weighted by atomic mass is 9.86. The molecule has 1 aliphatic rings. The van der Waals surface area contributed by atoms with Gasteiger partial charge in [-0.1, -0.05) is 64.7 Å². The Bertz CT molecular complexity index is 930. The number of aliphatic hydroxyl groups is 1. The van der Waals surface area contributed by atoms with Gasteiger partial charge >= 0.3 is 0 Å². The van der Waals surface area contributed by atoms with E-state index >= 15 is 0 Å². The summed E-state index contributed by atoms with van der Waals surface area (Å²) in [6.07, 6.45) is 14.6. The maximum atomic E-state index is 11.0. The Labute approximate surface area is 222 Å². The van der Waals surface area contributed by atoms with Crippen molar-refractivity contribution < 1.29 is 24.1 Å². The smallest absolute Gasteiger partial charge is 0.137 e. The van der Waals surface area contributed by atoms with Gasteiger partial charge in [-0.3, -0.25) is 0 Å². The summed E-state index contributed by atoms with van der Waals surface area (Å²) in [7, 11) is 0. The first kappa shape index (κ1) is 30.4. The molecule has 2 rings (SSSR count). The molecule has 0 amide bonds. The highest BCUT2D eigenvalue weighted by Gasteiger charge is 2.42. The predicted molar refractivity (Wildman–Crippen MR) is 145 cm³/mol. The molecule has 0 fully saturated rings. The van der Waals surface area contributed by atoms with Crippen LogP contribution in [-0.4, -0.2) is 42.6 Å². The van der Waals surface area contributed by atoms with E-state index in [4.69, 9.17) is 14.2 Å². The summed E-state index contributed by atoms with van der Waals surface area (Å²) in [5, 5.41) is 23.6. The third kappa shape index (κ3) is 10.6. The number of carbonyl (C=O) groups excluding carboxylic acids is 1. The van der Waals surface area contributed by atoms with Crippen LogP contribution >= 0.6 is 0 Å². The molecular weight excluding hydrogens is 468 g/mol. The van der Waals surface area contributed by atoms with Gasteiger partial charge in [-0.15, -0.1) is 0 Å². The van der Waals surface area contributed by atoms with E-state index in [2.05, 4.69) is 18.3 Å². The number of hydrogen-bond donors (Lipinski definition) is 2. The third-order valence-corrected chi connectivity index (χ3v) is 6.61. The van der Waals surface area contributed by atoms with E-state index < -0.39 is 17.7 Å². The molecule has 37 heavy (non-hydrogen) atoms. The van der Waals surface area contributed by atoms with Crippen molar-refractivity contribution in [3.63, 3.8) is 0 Å². The van der Waals surface area contributed by atoms with Crippen LogP contribution in [0.1, 0.15) is 102 Å². The lowest BCUT2D eigenvalue weighted by Crippen LogP contribution is -2.51. The Morgan fingerprint density at radius 1 is 1.14 bits per heavy atom. The fourth-order valence-electron chi connectivity index (χ4n) is 4.40. The summed E-state index contributed by atoms with van der Waals surface area (Å²) < 4.78 is 17.5. The van der Waals surface area contributed by atoms with Crippen LogP contribution in [0.5, 0.6) is 5.75 Å². The standard InChI is InChI=1S/C30H44N2O5/c1-4-5-6-7-8-9-10-11-12-13-19-36-25(23-35-18-14-17-33)22-32-28-26-20-24(21-31)15-16-27(26)37-30(2,3)29(28)34/h14-16,20,22,28-29,32,34H,4-13,18-19,23H2,1-3H3/b25-22+/t28-,29+/m1/s1. The summed E-state index contributed by atoms with van der Waals surface area (Å²) in [6, 6.07) is 6.84. The lowest BCUT2D eigenvalue weighted by molar-refractivity contribution is -0.0623. The van der Waals surface area contributed by atoms with Crippen molar-refractivity contribution in [1.29, 1.82) is 5.26 Å². The number of fused-ring (bicyclic) bond motifs is 1. The molecule has 204 valence electrons. The molecule has 2 N–H and O–H groups in total. The van der Waals surface area contributed by atoms with Crippen LogP contribution in [0.2, 0.25) is 0 Å². The molecule has 1 aliphatic heterocycles. The third-order valence-electron chi connectivity index (χ3n) is 6.61. The van der Waals surface area contributed by atoms with Crippen LogP contribution in [0.25, 0.3) is 0 Å². The molecule has 0 saturated heterocycles. The van der Waals surface area contributed by atoms with Crippen molar-refractivity contribution in [3.05, 3.63) is 47.4 Å². The van der Waals surface area contributed by atoms with Crippen molar-refractivity contribution in [3.8, 4) is 11.8 Å². The molecule has 0 aliphatic carbocycles. The predicted octanol–water partition coefficient (Wildman–Crippen LogP) is 5.90. The van der Waals surface area contributed by atoms with Crippen molar-refractivity contribution in [1.82, 2.24) is 5.32 Å². The average molecular weight is 513 g/mol. The van der Waals surface area contributed by atoms with Gasteiger partial charge in [0.15, 0.2) is 0 Å². The quantitative estimate of drug-likeness (QED) is 0.143. The Balaban J connectivity index is 1.93. The molecule has 1 aromatic carbocycles. The van der Waals surface area contributed by atoms with Crippen LogP contribution in [0, 0.1) is 11.3 Å². The summed E-state index contributed by atoms with van der Waals surface area (Å²) in [5.41, 5.74) is 0.377. The first-order valence-electron chi connectivity index (χ1n) is 13.7. The Hall–Kier alpha value is -2.78. The second kappa shape index (κ2) is 16.9. The van der Waals surface area contributed by atoms with Crippen LogP contribution in [0.4, 0.5) is 0 Å². The van der Waals surface area contributed by atoms with Crippen LogP contribution < -0.4 is 10.1 Å². The highest BCUT2D eigenvalue weighted by atomic mass is 16.5. The fraction of sp³-hybridized carbons (Fsp3) is 0.633. The minimum absolute atomic E-state index is 0.143. The first-order valence-corrected chi connectivity index (χ1v) is 13.7. The normalized spacial score (nSPS) is 18.2. The molecular formula is C30H44N2O5. The molecule has 0 spiro atoms. The highest BCUT2D eigenvalue weighted by molar-refractivity contribution is 5.46. The van der Waals surface area contributed by atoms with E-state index in [1.165, 1.54) is 57.4 Å². The minimum Gasteiger partial charge on any atom is -0.494 e. The zero-order valence-electron chi connectivity index (χ0n) is 22.8. The number of rotatable bonds is 18. The van der Waals surface area contributed by atoms with Crippen LogP contribution in [0.15, 0.2) is 36.2 Å². The summed E-state index contributed by atoms with van der Waals surface area (Å²) >= 11 is 0. The van der Waals surface area contributed by atoms with Crippen molar-refractivity contribution >= 4 is 5.94 Å². The zero-order valence-corrected chi connectivity index (χ0v) is 22.8. The van der Waals surface area contributed by atoms with Gasteiger partial charge in [-0.2, -0.15) is 5.26 Å². The van der Waals surface area contributed by atoms with Gasteiger partial charge in [0.1, 0.15) is 35.8 Å². The van der Waals surface area contributed by atoms with E-state index in [-0.39, 0.29) is 13.2 Å². The van der Waals surface area contributed by atoms with Crippen molar-refractivity contribution in [2.24, 2.45) is 0 Å². The molecule has 0 bridgehead atoms. The number of hydrogen-bond acceptors (Lipinski definition) is 7. The Morgan fingerprint density at radius 3 is 2.46 bits per heavy atom. The minimum atomic E-state index is -0.868. The van der Waals surface area contributed by atoms with Gasteiger partial charge in [0, 0.05) is 17.8 Å². The van der Waals surface area contributed by atoms with Crippen LogP contribution in [0.3, 0.4) is 0 Å². The number of nitriles is 1. The molecule has 0 unspecified atom stereocenters. The molecule has 0 radical (unpaired) electrons. The maximum absolute atomic E-state index is 11.0.